The summed E-state index contributed by atoms with van der Waals surface area (Å²) in [7, 11) is 0. The van der Waals surface area contributed by atoms with Crippen molar-refractivity contribution in [1.29, 1.82) is 0 Å². The molecule has 2 aromatic carbocycles. The summed E-state index contributed by atoms with van der Waals surface area (Å²) in [6.45, 7) is 0.153. The first-order valence-electron chi connectivity index (χ1n) is 5.30. The molecule has 2 rings (SSSR count). The Morgan fingerprint density at radius 1 is 1.11 bits per heavy atom. The Kier molecular flexibility index (Phi) is 4.37. The largest absolute Gasteiger partial charge is 0.377 e. The summed E-state index contributed by atoms with van der Waals surface area (Å²) in [5.41, 5.74) is 0.582. The van der Waals surface area contributed by atoms with E-state index in [4.69, 9.17) is 11.6 Å². The van der Waals surface area contributed by atoms with Crippen molar-refractivity contribution in [3.05, 3.63) is 62.8 Å². The second-order valence-electron chi connectivity index (χ2n) is 3.81. The highest BCUT2D eigenvalue weighted by atomic mass is 79.9. The van der Waals surface area contributed by atoms with Gasteiger partial charge >= 0.3 is 0 Å². The van der Waals surface area contributed by atoms with Crippen LogP contribution in [0.4, 0.5) is 18.9 Å². The second-order valence-corrected chi connectivity index (χ2v) is 5.01. The second kappa shape index (κ2) is 5.84. The Morgan fingerprint density at radius 2 is 1.84 bits per heavy atom. The van der Waals surface area contributed by atoms with Gasteiger partial charge in [0.25, 0.3) is 0 Å². The number of halogens is 5. The average molecular weight is 351 g/mol. The maximum absolute atomic E-state index is 13.5. The smallest absolute Gasteiger partial charge is 0.150 e. The van der Waals surface area contributed by atoms with Crippen molar-refractivity contribution < 1.29 is 13.2 Å². The van der Waals surface area contributed by atoms with Crippen LogP contribution in [-0.4, -0.2) is 0 Å². The number of nitrogens with one attached hydrogen (secondary N) is 1. The molecule has 0 aliphatic carbocycles. The lowest BCUT2D eigenvalue weighted by molar-refractivity contribution is 0.585. The van der Waals surface area contributed by atoms with Crippen LogP contribution in [0.3, 0.4) is 0 Å². The molecule has 1 N–H and O–H groups in total. The third kappa shape index (κ3) is 3.22. The van der Waals surface area contributed by atoms with Crippen LogP contribution in [0.1, 0.15) is 5.56 Å². The molecule has 0 radical (unpaired) electrons. The highest BCUT2D eigenvalue weighted by molar-refractivity contribution is 9.10. The van der Waals surface area contributed by atoms with E-state index in [1.165, 1.54) is 6.07 Å². The number of anilines is 1. The summed E-state index contributed by atoms with van der Waals surface area (Å²) in [5, 5.41) is 2.66. The van der Waals surface area contributed by atoms with E-state index in [9.17, 15) is 13.2 Å². The van der Waals surface area contributed by atoms with Gasteiger partial charge in [-0.3, -0.25) is 0 Å². The van der Waals surface area contributed by atoms with Gasteiger partial charge in [0.05, 0.1) is 15.2 Å². The molecule has 1 nitrogen and oxygen atoms in total. The third-order valence-electron chi connectivity index (χ3n) is 2.49. The van der Waals surface area contributed by atoms with Gasteiger partial charge in [-0.25, -0.2) is 13.2 Å². The van der Waals surface area contributed by atoms with Gasteiger partial charge in [-0.2, -0.15) is 0 Å². The minimum Gasteiger partial charge on any atom is -0.377 e. The molecule has 100 valence electrons. The molecule has 0 amide bonds. The standard InChI is InChI=1S/C13H8BrClF3N/c14-12-7(2-1-3-10(12)17)6-19-13-9(15)4-8(16)5-11(13)18/h1-5,19H,6H2. The van der Waals surface area contributed by atoms with Crippen molar-refractivity contribution in [2.24, 2.45) is 0 Å². The summed E-state index contributed by atoms with van der Waals surface area (Å²) in [5.74, 6) is -1.96. The van der Waals surface area contributed by atoms with Crippen LogP contribution in [0.5, 0.6) is 0 Å². The molecule has 0 atom stereocenters. The maximum atomic E-state index is 13.5. The lowest BCUT2D eigenvalue weighted by Gasteiger charge is -2.11. The Bertz CT molecular complexity index is 596. The lowest BCUT2D eigenvalue weighted by atomic mass is 10.2. The molecule has 0 bridgehead atoms. The molecular weight excluding hydrogens is 343 g/mol. The van der Waals surface area contributed by atoms with Gasteiger partial charge in [-0.15, -0.1) is 0 Å². The predicted octanol–water partition coefficient (Wildman–Crippen LogP) is 5.13. The molecular formula is C13H8BrClF3N. The fraction of sp³-hybridized carbons (Fsp3) is 0.0769. The third-order valence-corrected chi connectivity index (χ3v) is 3.68. The zero-order chi connectivity index (χ0) is 14.0. The van der Waals surface area contributed by atoms with E-state index >= 15 is 0 Å². The Morgan fingerprint density at radius 3 is 2.53 bits per heavy atom. The molecule has 19 heavy (non-hydrogen) atoms. The molecule has 0 saturated carbocycles. The fourth-order valence-electron chi connectivity index (χ4n) is 1.58. The highest BCUT2D eigenvalue weighted by Gasteiger charge is 2.11. The first kappa shape index (κ1) is 14.2. The minimum atomic E-state index is -0.794. The summed E-state index contributed by atoms with van der Waals surface area (Å²) >= 11 is 8.84. The van der Waals surface area contributed by atoms with Crippen LogP contribution >= 0.6 is 27.5 Å². The molecule has 0 unspecified atom stereocenters. The van der Waals surface area contributed by atoms with E-state index in [0.29, 0.717) is 10.0 Å². The zero-order valence-corrected chi connectivity index (χ0v) is 11.8. The van der Waals surface area contributed by atoms with Gasteiger partial charge in [0.15, 0.2) is 5.82 Å². The first-order chi connectivity index (χ1) is 8.99. The lowest BCUT2D eigenvalue weighted by Crippen LogP contribution is -2.04. The van der Waals surface area contributed by atoms with E-state index < -0.39 is 17.5 Å². The van der Waals surface area contributed by atoms with Gasteiger partial charge in [0.1, 0.15) is 11.6 Å². The van der Waals surface area contributed by atoms with E-state index in [2.05, 4.69) is 21.2 Å². The van der Waals surface area contributed by atoms with Crippen LogP contribution in [0, 0.1) is 17.5 Å². The Labute approximate surface area is 121 Å². The average Bonchev–Trinajstić information content (AvgIpc) is 2.33. The van der Waals surface area contributed by atoms with E-state index in [1.54, 1.807) is 12.1 Å². The molecule has 0 fully saturated rings. The van der Waals surface area contributed by atoms with Crippen LogP contribution in [0.15, 0.2) is 34.8 Å². The topological polar surface area (TPSA) is 12.0 Å². The predicted molar refractivity (Wildman–Crippen MR) is 72.8 cm³/mol. The molecule has 0 heterocycles. The van der Waals surface area contributed by atoms with Crippen molar-refractivity contribution >= 4 is 33.2 Å². The minimum absolute atomic E-state index is 0.0146. The molecule has 0 aromatic heterocycles. The number of hydrogen-bond acceptors (Lipinski definition) is 1. The van der Waals surface area contributed by atoms with E-state index in [0.717, 1.165) is 12.1 Å². The molecule has 6 heteroatoms. The van der Waals surface area contributed by atoms with Gasteiger partial charge in [-0.1, -0.05) is 23.7 Å². The number of rotatable bonds is 3. The van der Waals surface area contributed by atoms with Crippen LogP contribution in [0.25, 0.3) is 0 Å². The van der Waals surface area contributed by atoms with Gasteiger partial charge in [-0.05, 0) is 33.6 Å². The molecule has 0 spiro atoms. The maximum Gasteiger partial charge on any atom is 0.150 e. The van der Waals surface area contributed by atoms with Crippen LogP contribution < -0.4 is 5.32 Å². The quantitative estimate of drug-likeness (QED) is 0.809. The molecule has 2 aromatic rings. The van der Waals surface area contributed by atoms with Crippen molar-refractivity contribution in [3.63, 3.8) is 0 Å². The first-order valence-corrected chi connectivity index (χ1v) is 6.47. The van der Waals surface area contributed by atoms with E-state index in [1.807, 2.05) is 0 Å². The normalized spacial score (nSPS) is 10.6. The molecule has 0 aliphatic heterocycles. The number of hydrogen-bond donors (Lipinski definition) is 1. The summed E-state index contributed by atoms with van der Waals surface area (Å²) in [6, 6.07) is 6.26. The van der Waals surface area contributed by atoms with Crippen molar-refractivity contribution in [1.82, 2.24) is 0 Å². The number of benzene rings is 2. The molecule has 0 saturated heterocycles. The summed E-state index contributed by atoms with van der Waals surface area (Å²) in [4.78, 5) is 0. The van der Waals surface area contributed by atoms with Crippen molar-refractivity contribution in [2.75, 3.05) is 5.32 Å². The van der Waals surface area contributed by atoms with Gasteiger partial charge in [0, 0.05) is 12.6 Å². The fourth-order valence-corrected chi connectivity index (χ4v) is 2.25. The van der Waals surface area contributed by atoms with E-state index in [-0.39, 0.29) is 17.3 Å². The van der Waals surface area contributed by atoms with Crippen molar-refractivity contribution in [3.8, 4) is 0 Å². The molecule has 0 aliphatic rings. The Hall–Kier alpha value is -1.20. The SMILES string of the molecule is Fc1cc(F)c(NCc2cccc(F)c2Br)c(Cl)c1. The monoisotopic (exact) mass is 349 g/mol. The van der Waals surface area contributed by atoms with Gasteiger partial charge in [0.2, 0.25) is 0 Å². The highest BCUT2D eigenvalue weighted by Crippen LogP contribution is 2.28. The zero-order valence-electron chi connectivity index (χ0n) is 9.48. The van der Waals surface area contributed by atoms with Gasteiger partial charge < -0.3 is 5.32 Å². The summed E-state index contributed by atoms with van der Waals surface area (Å²) < 4.78 is 40.0. The Balaban J connectivity index is 2.22. The van der Waals surface area contributed by atoms with Crippen molar-refractivity contribution in [2.45, 2.75) is 6.54 Å². The van der Waals surface area contributed by atoms with Crippen LogP contribution in [-0.2, 0) is 6.54 Å². The van der Waals surface area contributed by atoms with Crippen LogP contribution in [0.2, 0.25) is 5.02 Å². The summed E-state index contributed by atoms with van der Waals surface area (Å²) in [6.07, 6.45) is 0.